The lowest BCUT2D eigenvalue weighted by Crippen LogP contribution is -2.44. The van der Waals surface area contributed by atoms with Crippen LogP contribution in [0.2, 0.25) is 0 Å². The second-order valence-electron chi connectivity index (χ2n) is 7.61. The third-order valence-corrected chi connectivity index (χ3v) is 4.66. The number of carbonyl (C=O) groups excluding carboxylic acids is 1. The predicted octanol–water partition coefficient (Wildman–Crippen LogP) is 4.19. The van der Waals surface area contributed by atoms with Crippen LogP contribution in [0.25, 0.3) is 0 Å². The van der Waals surface area contributed by atoms with E-state index in [0.717, 1.165) is 16.9 Å². The molecule has 0 unspecified atom stereocenters. The Kier molecular flexibility index (Phi) is 5.31. The van der Waals surface area contributed by atoms with Crippen molar-refractivity contribution in [3.8, 4) is 17.2 Å². The standard InChI is InChI=1S/C22H27NO4/c1-14-9-10-20-18(11-14)19(13-22(3,4)27-20)23-21(24)15(2)26-17-8-6-7-16(12-17)25-5/h6-12,15,19H,13H2,1-5H3,(H,23,24)/t15-,19+/m1/s1. The molecular formula is C22H27NO4. The molecular weight excluding hydrogens is 342 g/mol. The summed E-state index contributed by atoms with van der Waals surface area (Å²) in [4.78, 5) is 12.8. The number of nitrogens with one attached hydrogen (secondary N) is 1. The van der Waals surface area contributed by atoms with Crippen LogP contribution < -0.4 is 19.5 Å². The molecule has 0 fully saturated rings. The number of fused-ring (bicyclic) bond motifs is 1. The second-order valence-corrected chi connectivity index (χ2v) is 7.61. The monoisotopic (exact) mass is 369 g/mol. The lowest BCUT2D eigenvalue weighted by molar-refractivity contribution is -0.128. The van der Waals surface area contributed by atoms with Crippen molar-refractivity contribution in [1.29, 1.82) is 0 Å². The Labute approximate surface area is 160 Å². The maximum Gasteiger partial charge on any atom is 0.261 e. The summed E-state index contributed by atoms with van der Waals surface area (Å²) < 4.78 is 17.1. The fourth-order valence-corrected chi connectivity index (χ4v) is 3.32. The summed E-state index contributed by atoms with van der Waals surface area (Å²) in [5.74, 6) is 1.95. The van der Waals surface area contributed by atoms with Crippen LogP contribution in [-0.2, 0) is 4.79 Å². The molecule has 0 spiro atoms. The van der Waals surface area contributed by atoms with Gasteiger partial charge in [0, 0.05) is 18.1 Å². The fraction of sp³-hybridized carbons (Fsp3) is 0.409. The van der Waals surface area contributed by atoms with Gasteiger partial charge in [-0.15, -0.1) is 0 Å². The molecule has 0 saturated carbocycles. The van der Waals surface area contributed by atoms with E-state index in [4.69, 9.17) is 14.2 Å². The van der Waals surface area contributed by atoms with E-state index in [0.29, 0.717) is 17.9 Å². The Morgan fingerprint density at radius 2 is 1.96 bits per heavy atom. The van der Waals surface area contributed by atoms with E-state index >= 15 is 0 Å². The van der Waals surface area contributed by atoms with Gasteiger partial charge in [-0.3, -0.25) is 4.79 Å². The summed E-state index contributed by atoms with van der Waals surface area (Å²) in [6.45, 7) is 7.85. The minimum Gasteiger partial charge on any atom is -0.497 e. The van der Waals surface area contributed by atoms with Crippen LogP contribution in [-0.4, -0.2) is 24.7 Å². The zero-order chi connectivity index (χ0) is 19.6. The number of carbonyl (C=O) groups is 1. The van der Waals surface area contributed by atoms with Gasteiger partial charge in [0.05, 0.1) is 13.2 Å². The van der Waals surface area contributed by atoms with Crippen LogP contribution in [0, 0.1) is 6.92 Å². The zero-order valence-electron chi connectivity index (χ0n) is 16.5. The minimum atomic E-state index is -0.628. The molecule has 3 rings (SSSR count). The first-order chi connectivity index (χ1) is 12.8. The number of hydrogen-bond donors (Lipinski definition) is 1. The number of aryl methyl sites for hydroxylation is 1. The van der Waals surface area contributed by atoms with E-state index < -0.39 is 6.10 Å². The molecule has 1 aliphatic rings. The Morgan fingerprint density at radius 3 is 2.70 bits per heavy atom. The molecule has 2 aromatic carbocycles. The maximum absolute atomic E-state index is 12.8. The first-order valence-corrected chi connectivity index (χ1v) is 9.18. The van der Waals surface area contributed by atoms with Crippen molar-refractivity contribution in [2.45, 2.75) is 51.9 Å². The SMILES string of the molecule is COc1cccc(O[C@H](C)C(=O)N[C@H]2CC(C)(C)Oc3ccc(C)cc32)c1. The van der Waals surface area contributed by atoms with Crippen molar-refractivity contribution < 1.29 is 19.0 Å². The maximum atomic E-state index is 12.8. The molecule has 1 aliphatic heterocycles. The van der Waals surface area contributed by atoms with Gasteiger partial charge in [0.2, 0.25) is 0 Å². The number of methoxy groups -OCH3 is 1. The molecule has 0 saturated heterocycles. The molecule has 5 heteroatoms. The zero-order valence-corrected chi connectivity index (χ0v) is 16.5. The highest BCUT2D eigenvalue weighted by Crippen LogP contribution is 2.39. The van der Waals surface area contributed by atoms with Gasteiger partial charge in [0.25, 0.3) is 5.91 Å². The number of hydrogen-bond acceptors (Lipinski definition) is 4. The third kappa shape index (κ3) is 4.54. The Morgan fingerprint density at radius 1 is 1.22 bits per heavy atom. The van der Waals surface area contributed by atoms with E-state index in [1.807, 2.05) is 51.1 Å². The Balaban J connectivity index is 1.74. The van der Waals surface area contributed by atoms with Crippen molar-refractivity contribution in [2.24, 2.45) is 0 Å². The molecule has 2 aromatic rings. The van der Waals surface area contributed by atoms with Crippen LogP contribution in [0.5, 0.6) is 17.2 Å². The van der Waals surface area contributed by atoms with Gasteiger partial charge in [-0.25, -0.2) is 0 Å². The first-order valence-electron chi connectivity index (χ1n) is 9.18. The van der Waals surface area contributed by atoms with E-state index in [9.17, 15) is 4.79 Å². The number of ether oxygens (including phenoxy) is 3. The van der Waals surface area contributed by atoms with Crippen LogP contribution in [0.1, 0.15) is 44.4 Å². The van der Waals surface area contributed by atoms with Crippen molar-refractivity contribution >= 4 is 5.91 Å². The molecule has 0 aromatic heterocycles. The molecule has 2 atom stereocenters. The van der Waals surface area contributed by atoms with Crippen molar-refractivity contribution in [2.75, 3.05) is 7.11 Å². The summed E-state index contributed by atoms with van der Waals surface area (Å²) in [5.41, 5.74) is 1.80. The van der Waals surface area contributed by atoms with Crippen molar-refractivity contribution in [3.63, 3.8) is 0 Å². The topological polar surface area (TPSA) is 56.8 Å². The summed E-state index contributed by atoms with van der Waals surface area (Å²) >= 11 is 0. The molecule has 0 bridgehead atoms. The van der Waals surface area contributed by atoms with Gasteiger partial charge in [-0.2, -0.15) is 0 Å². The first kappa shape index (κ1) is 19.1. The molecule has 27 heavy (non-hydrogen) atoms. The third-order valence-electron chi connectivity index (χ3n) is 4.66. The number of benzene rings is 2. The number of rotatable bonds is 5. The lowest BCUT2D eigenvalue weighted by Gasteiger charge is -2.38. The van der Waals surface area contributed by atoms with Gasteiger partial charge in [0.1, 0.15) is 22.8 Å². The number of amides is 1. The van der Waals surface area contributed by atoms with E-state index in [2.05, 4.69) is 11.4 Å². The quantitative estimate of drug-likeness (QED) is 0.859. The van der Waals surface area contributed by atoms with E-state index in [1.165, 1.54) is 0 Å². The van der Waals surface area contributed by atoms with Gasteiger partial charge < -0.3 is 19.5 Å². The molecule has 0 radical (unpaired) electrons. The molecule has 144 valence electrons. The van der Waals surface area contributed by atoms with Crippen molar-refractivity contribution in [3.05, 3.63) is 53.6 Å². The van der Waals surface area contributed by atoms with Crippen LogP contribution in [0.4, 0.5) is 0 Å². The largest absolute Gasteiger partial charge is 0.497 e. The average molecular weight is 369 g/mol. The summed E-state index contributed by atoms with van der Waals surface area (Å²) in [5, 5.41) is 3.13. The summed E-state index contributed by atoms with van der Waals surface area (Å²) in [6.07, 6.45) is 0.0671. The fourth-order valence-electron chi connectivity index (χ4n) is 3.32. The van der Waals surface area contributed by atoms with Crippen LogP contribution in [0.3, 0.4) is 0 Å². The Hall–Kier alpha value is -2.69. The van der Waals surface area contributed by atoms with Gasteiger partial charge in [0.15, 0.2) is 6.10 Å². The normalized spacial score (nSPS) is 18.6. The van der Waals surface area contributed by atoms with Gasteiger partial charge in [-0.05, 0) is 45.9 Å². The lowest BCUT2D eigenvalue weighted by atomic mass is 9.89. The highest BCUT2D eigenvalue weighted by Gasteiger charge is 2.35. The van der Waals surface area contributed by atoms with Gasteiger partial charge >= 0.3 is 0 Å². The van der Waals surface area contributed by atoms with Crippen LogP contribution in [0.15, 0.2) is 42.5 Å². The molecule has 1 N–H and O–H groups in total. The second kappa shape index (κ2) is 7.51. The molecule has 1 amide bonds. The molecule has 0 aliphatic carbocycles. The molecule has 1 heterocycles. The van der Waals surface area contributed by atoms with Crippen LogP contribution >= 0.6 is 0 Å². The molecule has 5 nitrogen and oxygen atoms in total. The smallest absolute Gasteiger partial charge is 0.261 e. The van der Waals surface area contributed by atoms with Gasteiger partial charge in [-0.1, -0.05) is 23.8 Å². The van der Waals surface area contributed by atoms with E-state index in [1.54, 1.807) is 20.1 Å². The average Bonchev–Trinajstić information content (AvgIpc) is 2.61. The highest BCUT2D eigenvalue weighted by molar-refractivity contribution is 5.81. The summed E-state index contributed by atoms with van der Waals surface area (Å²) in [6, 6.07) is 13.2. The van der Waals surface area contributed by atoms with Crippen molar-refractivity contribution in [1.82, 2.24) is 5.32 Å². The van der Waals surface area contributed by atoms with E-state index in [-0.39, 0.29) is 17.6 Å². The highest BCUT2D eigenvalue weighted by atomic mass is 16.5. The minimum absolute atomic E-state index is 0.118. The summed E-state index contributed by atoms with van der Waals surface area (Å²) in [7, 11) is 1.60. The predicted molar refractivity (Wildman–Crippen MR) is 104 cm³/mol. The Bertz CT molecular complexity index is 831.